The number of carbonyl (C=O) groups excluding carboxylic acids is 1. The second kappa shape index (κ2) is 8.36. The largest absolute Gasteiger partial charge is 0.418 e. The van der Waals surface area contributed by atoms with Gasteiger partial charge < -0.3 is 5.32 Å². The zero-order chi connectivity index (χ0) is 23.0. The van der Waals surface area contributed by atoms with Gasteiger partial charge in [-0.25, -0.2) is 9.37 Å². The van der Waals surface area contributed by atoms with Gasteiger partial charge in [0, 0.05) is 10.9 Å². The molecule has 0 aliphatic heterocycles. The van der Waals surface area contributed by atoms with Crippen molar-refractivity contribution in [3.63, 3.8) is 0 Å². The van der Waals surface area contributed by atoms with Crippen LogP contribution in [0.1, 0.15) is 5.56 Å². The zero-order valence-electron chi connectivity index (χ0n) is 15.9. The molecule has 0 saturated heterocycles. The van der Waals surface area contributed by atoms with E-state index in [0.29, 0.717) is 16.0 Å². The predicted molar refractivity (Wildman–Crippen MR) is 114 cm³/mol. The minimum Gasteiger partial charge on any atom is -0.323 e. The minimum atomic E-state index is -4.73. The molecule has 0 unspecified atom stereocenters. The van der Waals surface area contributed by atoms with Crippen molar-refractivity contribution in [1.82, 2.24) is 9.55 Å². The molecule has 1 N–H and O–H groups in total. The van der Waals surface area contributed by atoms with E-state index in [1.54, 1.807) is 5.38 Å². The van der Waals surface area contributed by atoms with E-state index in [1.165, 1.54) is 41.7 Å². The lowest BCUT2D eigenvalue weighted by molar-refractivity contribution is -0.137. The number of benzene rings is 2. The summed E-state index contributed by atoms with van der Waals surface area (Å²) in [7, 11) is 0. The summed E-state index contributed by atoms with van der Waals surface area (Å²) in [6.07, 6.45) is -3.59. The first-order chi connectivity index (χ1) is 15.1. The Morgan fingerprint density at radius 1 is 1.16 bits per heavy atom. The van der Waals surface area contributed by atoms with E-state index in [1.807, 2.05) is 0 Å². The smallest absolute Gasteiger partial charge is 0.323 e. The number of alkyl halides is 3. The molecule has 0 aliphatic rings. The van der Waals surface area contributed by atoms with Crippen LogP contribution in [0.2, 0.25) is 5.02 Å². The maximum absolute atomic E-state index is 13.2. The van der Waals surface area contributed by atoms with Gasteiger partial charge in [0.05, 0.1) is 28.0 Å². The number of hydrogen-bond donors (Lipinski definition) is 1. The van der Waals surface area contributed by atoms with Gasteiger partial charge in [0.1, 0.15) is 17.2 Å². The Morgan fingerprint density at radius 3 is 2.56 bits per heavy atom. The molecule has 0 atom stereocenters. The highest BCUT2D eigenvalue weighted by Gasteiger charge is 2.34. The quantitative estimate of drug-likeness (QED) is 0.387. The first kappa shape index (κ1) is 22.0. The fraction of sp³-hybridized carbons (Fsp3) is 0.0952. The molecule has 4 rings (SSSR count). The van der Waals surface area contributed by atoms with E-state index in [-0.39, 0.29) is 10.4 Å². The van der Waals surface area contributed by atoms with Crippen molar-refractivity contribution in [3.05, 3.63) is 80.9 Å². The first-order valence-corrected chi connectivity index (χ1v) is 10.3. The molecule has 32 heavy (non-hydrogen) atoms. The van der Waals surface area contributed by atoms with E-state index in [0.717, 1.165) is 23.0 Å². The van der Waals surface area contributed by atoms with Crippen LogP contribution in [0.5, 0.6) is 0 Å². The summed E-state index contributed by atoms with van der Waals surface area (Å²) in [6.45, 7) is -0.580. The van der Waals surface area contributed by atoms with Gasteiger partial charge in [-0.3, -0.25) is 14.2 Å². The number of thiophene rings is 1. The molecule has 164 valence electrons. The molecule has 0 spiro atoms. The third-order valence-electron chi connectivity index (χ3n) is 4.61. The normalized spacial score (nSPS) is 11.7. The standard InChI is InChI=1S/C21H12ClF4N3O2S/c22-15-3-1-2-14(21(24,25)26)18(15)28-16(30)8-29-10-27-19-17(20(29)31)13(9-32-19)11-4-6-12(23)7-5-11/h1-7,9-10H,8H2,(H,28,30). The molecule has 0 radical (unpaired) electrons. The zero-order valence-corrected chi connectivity index (χ0v) is 17.5. The third-order valence-corrected chi connectivity index (χ3v) is 5.81. The molecule has 0 bridgehead atoms. The summed E-state index contributed by atoms with van der Waals surface area (Å²) in [5.41, 5.74) is -1.14. The van der Waals surface area contributed by atoms with E-state index >= 15 is 0 Å². The molecule has 0 aliphatic carbocycles. The maximum atomic E-state index is 13.2. The van der Waals surface area contributed by atoms with Crippen molar-refractivity contribution in [3.8, 4) is 11.1 Å². The summed E-state index contributed by atoms with van der Waals surface area (Å²) in [4.78, 5) is 30.0. The summed E-state index contributed by atoms with van der Waals surface area (Å²) in [5.74, 6) is -1.32. The molecular formula is C21H12ClF4N3O2S. The lowest BCUT2D eigenvalue weighted by atomic mass is 10.1. The van der Waals surface area contributed by atoms with Crippen LogP contribution in [0.25, 0.3) is 21.3 Å². The first-order valence-electron chi connectivity index (χ1n) is 9.03. The number of amides is 1. The summed E-state index contributed by atoms with van der Waals surface area (Å²) < 4.78 is 54.0. The Bertz CT molecular complexity index is 1380. The van der Waals surface area contributed by atoms with Gasteiger partial charge in [0.25, 0.3) is 5.56 Å². The van der Waals surface area contributed by atoms with Gasteiger partial charge >= 0.3 is 6.18 Å². The third kappa shape index (κ3) is 4.23. The lowest BCUT2D eigenvalue weighted by Crippen LogP contribution is -2.28. The molecular weight excluding hydrogens is 470 g/mol. The Labute approximate surface area is 186 Å². The predicted octanol–water partition coefficient (Wildman–Crippen LogP) is 5.58. The molecule has 1 amide bonds. The van der Waals surface area contributed by atoms with Crippen molar-refractivity contribution in [1.29, 1.82) is 0 Å². The second-order valence-electron chi connectivity index (χ2n) is 6.72. The molecule has 0 fully saturated rings. The summed E-state index contributed by atoms with van der Waals surface area (Å²) in [6, 6.07) is 8.66. The number of aromatic nitrogens is 2. The summed E-state index contributed by atoms with van der Waals surface area (Å²) in [5, 5.41) is 3.77. The molecule has 2 heterocycles. The highest BCUT2D eigenvalue weighted by atomic mass is 35.5. The van der Waals surface area contributed by atoms with Crippen molar-refractivity contribution < 1.29 is 22.4 Å². The Hall–Kier alpha value is -3.24. The molecule has 2 aromatic heterocycles. The molecule has 2 aromatic carbocycles. The van der Waals surface area contributed by atoms with Crippen LogP contribution in [0.4, 0.5) is 23.2 Å². The average Bonchev–Trinajstić information content (AvgIpc) is 3.16. The van der Waals surface area contributed by atoms with Crippen LogP contribution in [-0.4, -0.2) is 15.5 Å². The van der Waals surface area contributed by atoms with E-state index in [4.69, 9.17) is 11.6 Å². The molecule has 11 heteroatoms. The molecule has 5 nitrogen and oxygen atoms in total. The number of hydrogen-bond acceptors (Lipinski definition) is 4. The van der Waals surface area contributed by atoms with Crippen LogP contribution < -0.4 is 10.9 Å². The number of anilines is 1. The lowest BCUT2D eigenvalue weighted by Gasteiger charge is -2.15. The Kier molecular flexibility index (Phi) is 5.74. The van der Waals surface area contributed by atoms with Crippen LogP contribution in [0, 0.1) is 5.82 Å². The van der Waals surface area contributed by atoms with Gasteiger partial charge in [0.2, 0.25) is 5.91 Å². The Balaban J connectivity index is 1.67. The monoisotopic (exact) mass is 481 g/mol. The van der Waals surface area contributed by atoms with E-state index in [9.17, 15) is 27.2 Å². The van der Waals surface area contributed by atoms with E-state index < -0.39 is 41.3 Å². The molecule has 0 saturated carbocycles. The fourth-order valence-electron chi connectivity index (χ4n) is 3.14. The van der Waals surface area contributed by atoms with Crippen LogP contribution in [0.3, 0.4) is 0 Å². The average molecular weight is 482 g/mol. The highest BCUT2D eigenvalue weighted by molar-refractivity contribution is 7.17. The van der Waals surface area contributed by atoms with Crippen LogP contribution >= 0.6 is 22.9 Å². The number of carbonyl (C=O) groups is 1. The SMILES string of the molecule is O=C(Cn1cnc2scc(-c3ccc(F)cc3)c2c1=O)Nc1c(Cl)cccc1C(F)(F)F. The minimum absolute atomic E-state index is 0.227. The number of nitrogens with one attached hydrogen (secondary N) is 1. The topological polar surface area (TPSA) is 64.0 Å². The highest BCUT2D eigenvalue weighted by Crippen LogP contribution is 2.38. The second-order valence-corrected chi connectivity index (χ2v) is 7.99. The number of rotatable bonds is 4. The van der Waals surface area contributed by atoms with Gasteiger partial charge in [-0.1, -0.05) is 29.8 Å². The van der Waals surface area contributed by atoms with E-state index in [2.05, 4.69) is 10.3 Å². The van der Waals surface area contributed by atoms with Gasteiger partial charge in [-0.2, -0.15) is 13.2 Å². The van der Waals surface area contributed by atoms with Gasteiger partial charge in [0.15, 0.2) is 0 Å². The fourth-order valence-corrected chi connectivity index (χ4v) is 4.27. The van der Waals surface area contributed by atoms with Crippen molar-refractivity contribution in [2.45, 2.75) is 12.7 Å². The Morgan fingerprint density at radius 2 is 1.88 bits per heavy atom. The number of para-hydroxylation sites is 1. The van der Waals surface area contributed by atoms with Crippen molar-refractivity contribution >= 4 is 44.7 Å². The maximum Gasteiger partial charge on any atom is 0.418 e. The van der Waals surface area contributed by atoms with Gasteiger partial charge in [-0.15, -0.1) is 11.3 Å². The number of fused-ring (bicyclic) bond motifs is 1. The summed E-state index contributed by atoms with van der Waals surface area (Å²) >= 11 is 7.06. The van der Waals surface area contributed by atoms with Crippen LogP contribution in [-0.2, 0) is 17.5 Å². The van der Waals surface area contributed by atoms with Gasteiger partial charge in [-0.05, 0) is 29.8 Å². The van der Waals surface area contributed by atoms with Crippen LogP contribution in [0.15, 0.2) is 59.0 Å². The van der Waals surface area contributed by atoms with Crippen molar-refractivity contribution in [2.24, 2.45) is 0 Å². The van der Waals surface area contributed by atoms with Crippen molar-refractivity contribution in [2.75, 3.05) is 5.32 Å². The number of halogens is 5. The molecule has 4 aromatic rings. The number of nitrogens with zero attached hydrogens (tertiary/aromatic N) is 2.